The van der Waals surface area contributed by atoms with Crippen molar-refractivity contribution in [3.8, 4) is 0 Å². The second-order valence-electron chi connectivity index (χ2n) is 5.53. The van der Waals surface area contributed by atoms with Crippen LogP contribution in [-0.4, -0.2) is 30.2 Å². The molecule has 0 heterocycles. The number of nitrogens with one attached hydrogen (secondary N) is 1. The van der Waals surface area contributed by atoms with Crippen LogP contribution in [0.1, 0.15) is 38.2 Å². The van der Waals surface area contributed by atoms with Gasteiger partial charge in [-0.05, 0) is 37.3 Å². The van der Waals surface area contributed by atoms with Gasteiger partial charge in [0.1, 0.15) is 0 Å². The van der Waals surface area contributed by atoms with Crippen molar-refractivity contribution in [2.24, 2.45) is 11.7 Å². The smallest absolute Gasteiger partial charge is 0.220 e. The van der Waals surface area contributed by atoms with E-state index in [4.69, 9.17) is 5.73 Å². The van der Waals surface area contributed by atoms with Gasteiger partial charge in [0, 0.05) is 6.42 Å². The van der Waals surface area contributed by atoms with Crippen molar-refractivity contribution in [3.63, 3.8) is 0 Å². The van der Waals surface area contributed by atoms with Gasteiger partial charge >= 0.3 is 0 Å². The molecular weight excluding hydrogens is 264 g/mol. The summed E-state index contributed by atoms with van der Waals surface area (Å²) in [7, 11) is 0. The van der Waals surface area contributed by atoms with Gasteiger partial charge in [-0.2, -0.15) is 0 Å². The molecule has 1 unspecified atom stereocenters. The molecular formula is C17H28N2O2. The first-order valence-electron chi connectivity index (χ1n) is 7.83. The fourth-order valence-electron chi connectivity index (χ4n) is 2.48. The number of carbonyl (C=O) groups excluding carboxylic acids is 1. The molecule has 118 valence electrons. The SMILES string of the molecule is CCC(CCN)CCC(=O)N[C@H](CO)Cc1ccccc1. The Morgan fingerprint density at radius 3 is 2.57 bits per heavy atom. The zero-order chi connectivity index (χ0) is 15.5. The van der Waals surface area contributed by atoms with E-state index in [1.54, 1.807) is 0 Å². The molecule has 0 saturated heterocycles. The van der Waals surface area contributed by atoms with Gasteiger partial charge in [0.05, 0.1) is 12.6 Å². The van der Waals surface area contributed by atoms with Crippen LogP contribution in [0.15, 0.2) is 30.3 Å². The Balaban J connectivity index is 2.37. The van der Waals surface area contributed by atoms with E-state index in [9.17, 15) is 9.90 Å². The van der Waals surface area contributed by atoms with Gasteiger partial charge in [0.15, 0.2) is 0 Å². The van der Waals surface area contributed by atoms with E-state index in [0.29, 0.717) is 25.3 Å². The Kier molecular flexibility index (Phi) is 8.71. The number of hydrogen-bond acceptors (Lipinski definition) is 3. The van der Waals surface area contributed by atoms with Crippen LogP contribution in [0.25, 0.3) is 0 Å². The Hall–Kier alpha value is -1.39. The zero-order valence-corrected chi connectivity index (χ0v) is 12.9. The van der Waals surface area contributed by atoms with Gasteiger partial charge < -0.3 is 16.2 Å². The van der Waals surface area contributed by atoms with E-state index >= 15 is 0 Å². The molecule has 0 aliphatic heterocycles. The average molecular weight is 292 g/mol. The quantitative estimate of drug-likeness (QED) is 0.616. The van der Waals surface area contributed by atoms with E-state index in [-0.39, 0.29) is 18.6 Å². The molecule has 0 fully saturated rings. The number of hydrogen-bond donors (Lipinski definition) is 3. The van der Waals surface area contributed by atoms with Gasteiger partial charge in [0.25, 0.3) is 0 Å². The molecule has 1 aromatic carbocycles. The highest BCUT2D eigenvalue weighted by Gasteiger charge is 2.14. The number of rotatable bonds is 10. The second-order valence-corrected chi connectivity index (χ2v) is 5.53. The van der Waals surface area contributed by atoms with E-state index < -0.39 is 0 Å². The molecule has 0 aromatic heterocycles. The Morgan fingerprint density at radius 1 is 1.29 bits per heavy atom. The molecule has 4 nitrogen and oxygen atoms in total. The highest BCUT2D eigenvalue weighted by molar-refractivity contribution is 5.76. The van der Waals surface area contributed by atoms with Crippen LogP contribution in [-0.2, 0) is 11.2 Å². The summed E-state index contributed by atoms with van der Waals surface area (Å²) in [5, 5.41) is 12.3. The molecule has 0 aliphatic carbocycles. The molecule has 0 radical (unpaired) electrons. The third kappa shape index (κ3) is 7.25. The van der Waals surface area contributed by atoms with Crippen molar-refractivity contribution in [1.82, 2.24) is 5.32 Å². The fourth-order valence-corrected chi connectivity index (χ4v) is 2.48. The van der Waals surface area contributed by atoms with Gasteiger partial charge in [-0.15, -0.1) is 0 Å². The molecule has 0 spiro atoms. The summed E-state index contributed by atoms with van der Waals surface area (Å²) in [5.74, 6) is 0.530. The largest absolute Gasteiger partial charge is 0.394 e. The standard InChI is InChI=1S/C17H28N2O2/c1-2-14(10-11-18)8-9-17(21)19-16(13-20)12-15-6-4-3-5-7-15/h3-7,14,16,20H,2,8-13,18H2,1H3,(H,19,21)/t14?,16-/m0/s1. The molecule has 0 bridgehead atoms. The number of aliphatic hydroxyl groups is 1. The van der Waals surface area contributed by atoms with E-state index in [1.165, 1.54) is 0 Å². The number of carbonyl (C=O) groups is 1. The normalized spacial score (nSPS) is 13.7. The van der Waals surface area contributed by atoms with Crippen molar-refractivity contribution in [3.05, 3.63) is 35.9 Å². The van der Waals surface area contributed by atoms with Crippen molar-refractivity contribution < 1.29 is 9.90 Å². The second kappa shape index (κ2) is 10.4. The first-order valence-corrected chi connectivity index (χ1v) is 7.83. The van der Waals surface area contributed by atoms with Crippen molar-refractivity contribution in [1.29, 1.82) is 0 Å². The van der Waals surface area contributed by atoms with Crippen molar-refractivity contribution in [2.75, 3.05) is 13.2 Å². The molecule has 4 heteroatoms. The van der Waals surface area contributed by atoms with Crippen molar-refractivity contribution in [2.45, 2.75) is 45.1 Å². The van der Waals surface area contributed by atoms with Gasteiger partial charge in [-0.25, -0.2) is 0 Å². The van der Waals surface area contributed by atoms with Crippen LogP contribution in [0.2, 0.25) is 0 Å². The number of aliphatic hydroxyl groups excluding tert-OH is 1. The van der Waals surface area contributed by atoms with E-state index in [2.05, 4.69) is 12.2 Å². The van der Waals surface area contributed by atoms with Crippen LogP contribution < -0.4 is 11.1 Å². The lowest BCUT2D eigenvalue weighted by Crippen LogP contribution is -2.39. The molecule has 1 rings (SSSR count). The minimum Gasteiger partial charge on any atom is -0.394 e. The molecule has 1 amide bonds. The Bertz CT molecular complexity index is 395. The lowest BCUT2D eigenvalue weighted by Gasteiger charge is -2.18. The predicted molar refractivity (Wildman–Crippen MR) is 85.8 cm³/mol. The third-order valence-corrected chi connectivity index (χ3v) is 3.84. The maximum atomic E-state index is 12.0. The number of amides is 1. The summed E-state index contributed by atoms with van der Waals surface area (Å²) in [6.07, 6.45) is 4.05. The zero-order valence-electron chi connectivity index (χ0n) is 12.9. The summed E-state index contributed by atoms with van der Waals surface area (Å²) in [6.45, 7) is 2.76. The minimum atomic E-state index is -0.213. The fraction of sp³-hybridized carbons (Fsp3) is 0.588. The van der Waals surface area contributed by atoms with Crippen LogP contribution in [0.5, 0.6) is 0 Å². The first-order chi connectivity index (χ1) is 10.2. The first kappa shape index (κ1) is 17.7. The maximum Gasteiger partial charge on any atom is 0.220 e. The lowest BCUT2D eigenvalue weighted by molar-refractivity contribution is -0.122. The van der Waals surface area contributed by atoms with Crippen LogP contribution >= 0.6 is 0 Å². The summed E-state index contributed by atoms with van der Waals surface area (Å²) in [6, 6.07) is 9.67. The van der Waals surface area contributed by atoms with Crippen LogP contribution in [0.4, 0.5) is 0 Å². The summed E-state index contributed by atoms with van der Waals surface area (Å²) in [5.41, 5.74) is 6.68. The van der Waals surface area contributed by atoms with Crippen LogP contribution in [0, 0.1) is 5.92 Å². The third-order valence-electron chi connectivity index (χ3n) is 3.84. The highest BCUT2D eigenvalue weighted by Crippen LogP contribution is 2.14. The molecule has 21 heavy (non-hydrogen) atoms. The van der Waals surface area contributed by atoms with E-state index in [1.807, 2.05) is 30.3 Å². The minimum absolute atomic E-state index is 0.0143. The van der Waals surface area contributed by atoms with Gasteiger partial charge in [-0.1, -0.05) is 43.7 Å². The van der Waals surface area contributed by atoms with Gasteiger partial charge in [0.2, 0.25) is 5.91 Å². The Labute approximate surface area is 127 Å². The Morgan fingerprint density at radius 2 is 2.00 bits per heavy atom. The average Bonchev–Trinajstić information content (AvgIpc) is 2.51. The summed E-state index contributed by atoms with van der Waals surface area (Å²) < 4.78 is 0. The topological polar surface area (TPSA) is 75.4 Å². The number of benzene rings is 1. The van der Waals surface area contributed by atoms with Crippen LogP contribution in [0.3, 0.4) is 0 Å². The predicted octanol–water partition coefficient (Wildman–Crippen LogP) is 1.86. The molecule has 0 saturated carbocycles. The molecule has 4 N–H and O–H groups in total. The molecule has 2 atom stereocenters. The van der Waals surface area contributed by atoms with E-state index in [0.717, 1.165) is 24.8 Å². The van der Waals surface area contributed by atoms with Gasteiger partial charge in [-0.3, -0.25) is 4.79 Å². The number of nitrogens with two attached hydrogens (primary N) is 1. The van der Waals surface area contributed by atoms with Crippen molar-refractivity contribution >= 4 is 5.91 Å². The molecule has 0 aliphatic rings. The lowest BCUT2D eigenvalue weighted by atomic mass is 9.96. The highest BCUT2D eigenvalue weighted by atomic mass is 16.3. The summed E-state index contributed by atoms with van der Waals surface area (Å²) in [4.78, 5) is 12.0. The molecule has 1 aromatic rings. The summed E-state index contributed by atoms with van der Waals surface area (Å²) >= 11 is 0. The maximum absolute atomic E-state index is 12.0. The monoisotopic (exact) mass is 292 g/mol.